The number of sulfonamides is 1. The second kappa shape index (κ2) is 35.5. The van der Waals surface area contributed by atoms with Gasteiger partial charge in [0.2, 0.25) is 27.9 Å². The number of aromatic nitrogens is 12. The van der Waals surface area contributed by atoms with Crippen molar-refractivity contribution in [3.05, 3.63) is 155 Å². The lowest BCUT2D eigenvalue weighted by atomic mass is 9.85. The van der Waals surface area contributed by atoms with Gasteiger partial charge in [-0.15, -0.1) is 0 Å². The van der Waals surface area contributed by atoms with E-state index in [9.17, 15) is 39.6 Å². The number of rotatable bonds is 23. The maximum Gasteiger partial charge on any atom is 0.432 e. The molecule has 0 bridgehead atoms. The zero-order valence-electron chi connectivity index (χ0n) is 62.2. The number of halogens is 9. The molecule has 584 valence electrons. The Morgan fingerprint density at radius 3 is 1.34 bits per heavy atom. The molecule has 4 aliphatic rings. The van der Waals surface area contributed by atoms with E-state index in [4.69, 9.17) is 34.8 Å². The molecule has 0 unspecified atom stereocenters. The number of piperidine rings is 3. The van der Waals surface area contributed by atoms with Crippen molar-refractivity contribution in [2.45, 2.75) is 144 Å². The molecule has 0 amide bonds. The monoisotopic (exact) mass is 1590 g/mol. The molecule has 0 saturated carbocycles. The van der Waals surface area contributed by atoms with Gasteiger partial charge in [0, 0.05) is 83.9 Å². The molecule has 0 atom stereocenters. The maximum atomic E-state index is 13.5. The summed E-state index contributed by atoms with van der Waals surface area (Å²) in [4.78, 5) is 44.1. The SMILES string of the molecule is CCC(=O)CN1CCC(c2cc(C)c(Nc3ncc(Cl)c(Nc4cc(C(F)(F)F)[nH]n4)n3)cc2C)CC1.CCN1CCC(c2cc(C)c(Nc3ncc(C(F)(F)F)c(Nc4cc(C)[nH]n4)n3)cc2C)CC1.Cc1cc(Nc2nc(Nc3cc(Cl)c(C4CCN(CCS(=O)(=O)N5CCC5)CC4)cc3C)ncc2Cl)n[nH]1. The van der Waals surface area contributed by atoms with E-state index in [1.165, 1.54) is 23.5 Å². The molecule has 4 saturated heterocycles. The van der Waals surface area contributed by atoms with Gasteiger partial charge in [0.15, 0.2) is 29.1 Å². The highest BCUT2D eigenvalue weighted by Crippen LogP contribution is 2.41. The van der Waals surface area contributed by atoms with Crippen molar-refractivity contribution in [3.63, 3.8) is 0 Å². The maximum absolute atomic E-state index is 13.5. The zero-order chi connectivity index (χ0) is 78.1. The van der Waals surface area contributed by atoms with Crippen LogP contribution in [-0.2, 0) is 27.2 Å². The van der Waals surface area contributed by atoms with Gasteiger partial charge in [0.25, 0.3) is 0 Å². The van der Waals surface area contributed by atoms with E-state index in [1.807, 2.05) is 64.0 Å². The van der Waals surface area contributed by atoms with Gasteiger partial charge in [-0.2, -0.15) is 56.6 Å². The van der Waals surface area contributed by atoms with Gasteiger partial charge in [0.1, 0.15) is 32.9 Å². The first-order valence-corrected chi connectivity index (χ1v) is 39.1. The van der Waals surface area contributed by atoms with Crippen molar-refractivity contribution >= 4 is 120 Å². The van der Waals surface area contributed by atoms with Crippen molar-refractivity contribution in [1.29, 1.82) is 0 Å². The lowest BCUT2D eigenvalue weighted by Crippen LogP contribution is -2.46. The number of carbonyl (C=O) groups is 1. The Bertz CT molecular complexity index is 4760. The van der Waals surface area contributed by atoms with Gasteiger partial charge >= 0.3 is 12.4 Å². The third kappa shape index (κ3) is 21.4. The summed E-state index contributed by atoms with van der Waals surface area (Å²) in [5, 5.41) is 38.4. The quantitative estimate of drug-likeness (QED) is 0.0269. The summed E-state index contributed by atoms with van der Waals surface area (Å²) in [7, 11) is -3.11. The first-order chi connectivity index (χ1) is 51.8. The Morgan fingerprint density at radius 2 is 0.908 bits per heavy atom. The van der Waals surface area contributed by atoms with Crippen LogP contribution >= 0.6 is 34.8 Å². The van der Waals surface area contributed by atoms with Crippen molar-refractivity contribution in [2.75, 3.05) is 110 Å². The van der Waals surface area contributed by atoms with Crippen LogP contribution in [0.3, 0.4) is 0 Å². The molecule has 109 heavy (non-hydrogen) atoms. The number of ketones is 1. The van der Waals surface area contributed by atoms with E-state index in [-0.39, 0.29) is 51.7 Å². The Labute approximate surface area is 644 Å². The van der Waals surface area contributed by atoms with Crippen molar-refractivity contribution in [1.82, 2.24) is 79.5 Å². The topological polar surface area (TPSA) is 300 Å². The van der Waals surface area contributed by atoms with E-state index in [2.05, 4.69) is 141 Å². The van der Waals surface area contributed by atoms with Gasteiger partial charge in [-0.1, -0.05) is 66.8 Å². The fourth-order valence-corrected chi connectivity index (χ4v) is 15.9. The fraction of sp³-hybridized carbons (Fsp3) is 0.459. The number of benzene rings is 3. The number of hydrogen-bond acceptors (Lipinski definition) is 21. The van der Waals surface area contributed by atoms with Crippen LogP contribution in [0.4, 0.5) is 96.2 Å². The van der Waals surface area contributed by atoms with Gasteiger partial charge in [-0.05, 0) is 220 Å². The number of hydrogen-bond donors (Lipinski definition) is 9. The van der Waals surface area contributed by atoms with E-state index in [1.54, 1.807) is 17.3 Å². The molecule has 35 heteroatoms. The van der Waals surface area contributed by atoms with Crippen LogP contribution in [0.25, 0.3) is 0 Å². The van der Waals surface area contributed by atoms with Crippen molar-refractivity contribution < 1.29 is 39.6 Å². The van der Waals surface area contributed by atoms with Crippen LogP contribution < -0.4 is 31.9 Å². The van der Waals surface area contributed by atoms with E-state index < -0.39 is 33.6 Å². The van der Waals surface area contributed by atoms with E-state index in [0.29, 0.717) is 78.0 Å². The molecule has 9 aromatic rings. The summed E-state index contributed by atoms with van der Waals surface area (Å²) in [6, 6.07) is 16.8. The molecular formula is C74H91Cl3F6N22O3S. The molecule has 0 radical (unpaired) electrons. The van der Waals surface area contributed by atoms with Crippen LogP contribution in [0.1, 0.15) is 150 Å². The number of likely N-dealkylation sites (tertiary alicyclic amines) is 3. The number of H-pyrrole nitrogens is 3. The highest BCUT2D eigenvalue weighted by atomic mass is 35.5. The molecular weight excluding hydrogens is 1500 g/mol. The minimum atomic E-state index is -4.60. The number of aromatic amines is 3. The zero-order valence-corrected chi connectivity index (χ0v) is 65.2. The first kappa shape index (κ1) is 81.2. The van der Waals surface area contributed by atoms with Crippen LogP contribution in [0, 0.1) is 48.5 Å². The summed E-state index contributed by atoms with van der Waals surface area (Å²) >= 11 is 19.2. The molecule has 0 spiro atoms. The lowest BCUT2D eigenvalue weighted by molar-refractivity contribution is -0.141. The van der Waals surface area contributed by atoms with Gasteiger partial charge in [-0.25, -0.2) is 27.7 Å². The Balaban J connectivity index is 0.000000163. The second-order valence-corrected chi connectivity index (χ2v) is 31.4. The molecule has 25 nitrogen and oxygen atoms in total. The lowest BCUT2D eigenvalue weighted by Gasteiger charge is -2.34. The predicted molar refractivity (Wildman–Crippen MR) is 415 cm³/mol. The average Bonchev–Trinajstić information content (AvgIpc) is 1.01. The largest absolute Gasteiger partial charge is 0.432 e. The van der Waals surface area contributed by atoms with E-state index in [0.717, 1.165) is 165 Å². The molecule has 13 rings (SSSR count). The summed E-state index contributed by atoms with van der Waals surface area (Å²) < 4.78 is 105. The highest BCUT2D eigenvalue weighted by Gasteiger charge is 2.37. The third-order valence-corrected chi connectivity index (χ3v) is 22.9. The minimum Gasteiger partial charge on any atom is -0.324 e. The third-order valence-electron chi connectivity index (χ3n) is 20.1. The van der Waals surface area contributed by atoms with Crippen LogP contribution in [0.2, 0.25) is 15.1 Å². The summed E-state index contributed by atoms with van der Waals surface area (Å²) in [6.07, 6.45) is 2.23. The van der Waals surface area contributed by atoms with Gasteiger partial charge in [-0.3, -0.25) is 25.0 Å². The predicted octanol–water partition coefficient (Wildman–Crippen LogP) is 16.8. The Kier molecular flexibility index (Phi) is 26.5. The van der Waals surface area contributed by atoms with Crippen molar-refractivity contribution in [2.24, 2.45) is 0 Å². The number of Topliss-reactive ketones (excluding diaryl/α,β-unsaturated/α-hetero) is 1. The number of nitrogens with one attached hydrogen (secondary N) is 9. The van der Waals surface area contributed by atoms with Crippen molar-refractivity contribution in [3.8, 4) is 0 Å². The molecule has 9 N–H and O–H groups in total. The standard InChI is InChI=1S/C25H32Cl2N8O2S.C25H29ClF3N7O.C24H30F3N7/c1-16-12-19(18-4-8-34(9-5-18)10-11-38(36,37)35-6-3-7-35)20(26)14-22(16)29-25-28-15-21(27)24(31-25)30-23-13-17(2)32-33-23;1-4-17(37)13-36-7-5-16(6-8-36)18-9-15(3)20(10-14(18)2)31-24-30-12-19(26)23(33-24)32-22-11-21(34-35-22)25(27,28)29;1-5-34-8-6-17(7-9-34)18-10-15(3)20(11-14(18)2)29-23-28-13-19(24(25,26)27)22(31-23)30-21-12-16(4)32-33-21/h12-15,18H,3-11H2,1-2H3,(H3,28,29,30,31,32,33);9-12,16H,4-8,13H2,1-3H3,(H3,30,31,32,33,34,35);10-13,17H,5-9H2,1-4H3,(H3,28,29,30,31,32,33). The number of nitrogens with zero attached hydrogens (tertiary/aromatic N) is 13. The molecule has 6 aromatic heterocycles. The first-order valence-electron chi connectivity index (χ1n) is 36.3. The minimum absolute atomic E-state index is 0.0691. The Hall–Kier alpha value is -8.76. The summed E-state index contributed by atoms with van der Waals surface area (Å²) in [5.41, 5.74) is 11.2. The fourth-order valence-electron chi connectivity index (χ4n) is 13.7. The number of aryl methyl sites for hydroxylation is 7. The molecule has 3 aromatic carbocycles. The molecule has 4 fully saturated rings. The average molecular weight is 1590 g/mol. The second-order valence-electron chi connectivity index (χ2n) is 28.1. The number of carbonyl (C=O) groups excluding carboxylic acids is 1. The number of anilines is 12. The van der Waals surface area contributed by atoms with Gasteiger partial charge in [0.05, 0.1) is 24.7 Å². The molecule has 10 heterocycles. The van der Waals surface area contributed by atoms with E-state index >= 15 is 0 Å². The summed E-state index contributed by atoms with van der Waals surface area (Å²) in [5.74, 6) is 3.46. The highest BCUT2D eigenvalue weighted by molar-refractivity contribution is 7.89. The Morgan fingerprint density at radius 1 is 0.486 bits per heavy atom. The smallest absolute Gasteiger partial charge is 0.324 e. The van der Waals surface area contributed by atoms with Gasteiger partial charge < -0.3 is 41.7 Å². The normalized spacial score (nSPS) is 16.0. The molecule has 0 aliphatic carbocycles. The molecule has 4 aliphatic heterocycles. The van der Waals surface area contributed by atoms with Crippen LogP contribution in [-0.4, -0.2) is 171 Å². The summed E-state index contributed by atoms with van der Waals surface area (Å²) in [6.45, 7) is 27.2. The van der Waals surface area contributed by atoms with Crippen LogP contribution in [0.15, 0.2) is 73.2 Å². The van der Waals surface area contributed by atoms with Crippen LogP contribution in [0.5, 0.6) is 0 Å². The number of alkyl halides is 6.